The molecule has 0 aliphatic rings. The van der Waals surface area contributed by atoms with Gasteiger partial charge in [0.25, 0.3) is 10.0 Å². The largest absolute Gasteiger partial charge is 0.416 e. The van der Waals surface area contributed by atoms with Crippen LogP contribution in [0.3, 0.4) is 0 Å². The van der Waals surface area contributed by atoms with Crippen LogP contribution in [-0.4, -0.2) is 44.8 Å². The highest BCUT2D eigenvalue weighted by molar-refractivity contribution is 7.92. The van der Waals surface area contributed by atoms with Crippen LogP contribution < -0.4 is 9.62 Å². The molecule has 0 heterocycles. The minimum absolute atomic E-state index is 0.0474. The summed E-state index contributed by atoms with van der Waals surface area (Å²) < 4.78 is 69.8. The highest BCUT2D eigenvalue weighted by Crippen LogP contribution is 2.34. The van der Waals surface area contributed by atoms with Crippen molar-refractivity contribution in [1.82, 2.24) is 10.2 Å². The predicted molar refractivity (Wildman–Crippen MR) is 172 cm³/mol. The van der Waals surface area contributed by atoms with Crippen LogP contribution in [0.2, 0.25) is 10.0 Å². The summed E-state index contributed by atoms with van der Waals surface area (Å²) in [7, 11) is -3.19. The molecule has 1 N–H and O–H groups in total. The molecule has 46 heavy (non-hydrogen) atoms. The van der Waals surface area contributed by atoms with E-state index in [0.717, 1.165) is 17.7 Å². The zero-order chi connectivity index (χ0) is 33.6. The fraction of sp³-hybridized carbons (Fsp3) is 0.212. The van der Waals surface area contributed by atoms with Crippen LogP contribution in [0.5, 0.6) is 0 Å². The van der Waals surface area contributed by atoms with Gasteiger partial charge in [-0.2, -0.15) is 13.2 Å². The molecule has 0 radical (unpaired) electrons. The maximum atomic E-state index is 14.3. The number of sulfonamides is 1. The Labute approximate surface area is 275 Å². The zero-order valence-corrected chi connectivity index (χ0v) is 27.1. The number of hydrogen-bond donors (Lipinski definition) is 1. The number of amides is 2. The highest BCUT2D eigenvalue weighted by atomic mass is 35.5. The third-order valence-corrected chi connectivity index (χ3v) is 9.60. The van der Waals surface area contributed by atoms with Gasteiger partial charge in [0, 0.05) is 30.1 Å². The van der Waals surface area contributed by atoms with Crippen molar-refractivity contribution in [2.45, 2.75) is 37.0 Å². The Hall–Kier alpha value is -4.06. The van der Waals surface area contributed by atoms with Gasteiger partial charge in [0.1, 0.15) is 12.6 Å². The summed E-state index contributed by atoms with van der Waals surface area (Å²) in [6.45, 7) is 0.585. The predicted octanol–water partition coefficient (Wildman–Crippen LogP) is 6.90. The van der Waals surface area contributed by atoms with Crippen molar-refractivity contribution in [3.63, 3.8) is 0 Å². The second kappa shape index (κ2) is 14.6. The number of anilines is 1. The van der Waals surface area contributed by atoms with E-state index in [1.54, 1.807) is 49.4 Å². The van der Waals surface area contributed by atoms with E-state index in [1.807, 2.05) is 0 Å². The number of halogens is 5. The molecule has 13 heteroatoms. The Bertz CT molecular complexity index is 1810. The lowest BCUT2D eigenvalue weighted by molar-refractivity contribution is -0.139. The van der Waals surface area contributed by atoms with E-state index in [4.69, 9.17) is 23.2 Å². The number of aryl methyl sites for hydroxylation is 1. The highest BCUT2D eigenvalue weighted by Gasteiger charge is 2.36. The van der Waals surface area contributed by atoms with Gasteiger partial charge in [0.2, 0.25) is 11.8 Å². The van der Waals surface area contributed by atoms with Crippen LogP contribution >= 0.6 is 23.2 Å². The number of benzene rings is 4. The summed E-state index contributed by atoms with van der Waals surface area (Å²) in [6, 6.07) is 21.7. The van der Waals surface area contributed by atoms with Gasteiger partial charge in [-0.1, -0.05) is 83.4 Å². The lowest BCUT2D eigenvalue weighted by Gasteiger charge is -2.34. The minimum Gasteiger partial charge on any atom is -0.357 e. The lowest BCUT2D eigenvalue weighted by Crippen LogP contribution is -2.53. The molecule has 0 bridgehead atoms. The Morgan fingerprint density at radius 1 is 0.891 bits per heavy atom. The van der Waals surface area contributed by atoms with Gasteiger partial charge in [-0.25, -0.2) is 8.42 Å². The van der Waals surface area contributed by atoms with Gasteiger partial charge >= 0.3 is 6.18 Å². The topological polar surface area (TPSA) is 86.8 Å². The first-order valence-electron chi connectivity index (χ1n) is 14.0. The molecule has 0 aliphatic carbocycles. The number of likely N-dealkylation sites (N-methyl/N-ethyl adjacent to an activating group) is 1. The molecule has 4 aromatic rings. The molecule has 2 amide bonds. The standard InChI is InChI=1S/C33H30Cl2F3N3O4S/c1-22-11-15-28(16-12-22)46(44,45)41(27-10-6-9-25(18-27)33(36,37)38)21-31(42)40(20-24-13-14-26(34)19-29(24)35)30(32(43)39-2)17-23-7-4-3-5-8-23/h3-16,18-19,30H,17,20-21H2,1-2H3,(H,39,43)/t30-/m1/s1. The van der Waals surface area contributed by atoms with Crippen molar-refractivity contribution in [3.05, 3.63) is 129 Å². The average molecular weight is 693 g/mol. The van der Waals surface area contributed by atoms with Crippen molar-refractivity contribution < 1.29 is 31.2 Å². The third kappa shape index (κ3) is 8.39. The molecule has 0 aliphatic heterocycles. The first kappa shape index (κ1) is 34.8. The second-order valence-electron chi connectivity index (χ2n) is 10.4. The van der Waals surface area contributed by atoms with Crippen molar-refractivity contribution in [2.24, 2.45) is 0 Å². The zero-order valence-electron chi connectivity index (χ0n) is 24.8. The SMILES string of the molecule is CNC(=O)[C@@H](Cc1ccccc1)N(Cc1ccc(Cl)cc1Cl)C(=O)CN(c1cccc(C(F)(F)F)c1)S(=O)(=O)c1ccc(C)cc1. The summed E-state index contributed by atoms with van der Waals surface area (Å²) in [5.74, 6) is -1.40. The molecule has 0 fully saturated rings. The third-order valence-electron chi connectivity index (χ3n) is 7.22. The van der Waals surface area contributed by atoms with Gasteiger partial charge < -0.3 is 10.2 Å². The van der Waals surface area contributed by atoms with E-state index >= 15 is 0 Å². The van der Waals surface area contributed by atoms with E-state index in [2.05, 4.69) is 5.32 Å². The number of carbonyl (C=O) groups excluding carboxylic acids is 2. The van der Waals surface area contributed by atoms with Crippen molar-refractivity contribution >= 4 is 50.7 Å². The van der Waals surface area contributed by atoms with E-state index in [0.29, 0.717) is 26.5 Å². The normalized spacial score (nSPS) is 12.3. The molecule has 4 rings (SSSR count). The van der Waals surface area contributed by atoms with Crippen LogP contribution in [0.25, 0.3) is 0 Å². The van der Waals surface area contributed by atoms with E-state index in [9.17, 15) is 31.2 Å². The summed E-state index contributed by atoms with van der Waals surface area (Å²) in [5.41, 5.74) is 0.388. The van der Waals surface area contributed by atoms with Crippen LogP contribution in [0, 0.1) is 6.92 Å². The van der Waals surface area contributed by atoms with Crippen LogP contribution in [0.1, 0.15) is 22.3 Å². The van der Waals surface area contributed by atoms with Crippen molar-refractivity contribution in [3.8, 4) is 0 Å². The molecular weight excluding hydrogens is 662 g/mol. The summed E-state index contributed by atoms with van der Waals surface area (Å²) >= 11 is 12.5. The smallest absolute Gasteiger partial charge is 0.357 e. The molecule has 0 saturated carbocycles. The van der Waals surface area contributed by atoms with Gasteiger partial charge in [-0.05, 0) is 60.5 Å². The van der Waals surface area contributed by atoms with Crippen molar-refractivity contribution in [1.29, 1.82) is 0 Å². The Kier molecular flexibility index (Phi) is 11.0. The Morgan fingerprint density at radius 2 is 1.57 bits per heavy atom. The fourth-order valence-corrected chi connectivity index (χ4v) is 6.63. The molecule has 0 unspecified atom stereocenters. The van der Waals surface area contributed by atoms with Crippen LogP contribution in [-0.2, 0) is 38.8 Å². The molecule has 4 aromatic carbocycles. The monoisotopic (exact) mass is 691 g/mol. The Morgan fingerprint density at radius 3 is 2.17 bits per heavy atom. The number of carbonyl (C=O) groups is 2. The quantitative estimate of drug-likeness (QED) is 0.185. The number of alkyl halides is 3. The van der Waals surface area contributed by atoms with E-state index < -0.39 is 46.2 Å². The number of nitrogens with one attached hydrogen (secondary N) is 1. The maximum Gasteiger partial charge on any atom is 0.416 e. The molecule has 1 atom stereocenters. The van der Waals surface area contributed by atoms with Gasteiger partial charge in [0.15, 0.2) is 0 Å². The van der Waals surface area contributed by atoms with Crippen LogP contribution in [0.4, 0.5) is 18.9 Å². The summed E-state index contributed by atoms with van der Waals surface area (Å²) in [5, 5.41) is 3.09. The van der Waals surface area contributed by atoms with Crippen LogP contribution in [0.15, 0.2) is 102 Å². The summed E-state index contributed by atoms with van der Waals surface area (Å²) in [6.07, 6.45) is -4.73. The van der Waals surface area contributed by atoms with Crippen molar-refractivity contribution in [2.75, 3.05) is 17.9 Å². The lowest BCUT2D eigenvalue weighted by atomic mass is 10.0. The van der Waals surface area contributed by atoms with Gasteiger partial charge in [0.05, 0.1) is 16.1 Å². The molecular formula is C33H30Cl2F3N3O4S. The van der Waals surface area contributed by atoms with E-state index in [-0.39, 0.29) is 28.6 Å². The number of hydrogen-bond acceptors (Lipinski definition) is 4. The number of rotatable bonds is 11. The molecule has 7 nitrogen and oxygen atoms in total. The molecule has 0 spiro atoms. The fourth-order valence-electron chi connectivity index (χ4n) is 4.76. The summed E-state index contributed by atoms with van der Waals surface area (Å²) in [4.78, 5) is 28.6. The van der Waals surface area contributed by atoms with E-state index in [1.165, 1.54) is 48.3 Å². The Balaban J connectivity index is 1.85. The van der Waals surface area contributed by atoms with Gasteiger partial charge in [-0.3, -0.25) is 13.9 Å². The molecule has 0 saturated heterocycles. The first-order chi connectivity index (χ1) is 21.7. The second-order valence-corrected chi connectivity index (χ2v) is 13.2. The maximum absolute atomic E-state index is 14.3. The first-order valence-corrected chi connectivity index (χ1v) is 16.2. The minimum atomic E-state index is -4.78. The van der Waals surface area contributed by atoms with Gasteiger partial charge in [-0.15, -0.1) is 0 Å². The molecule has 242 valence electrons. The molecule has 0 aromatic heterocycles. The average Bonchev–Trinajstić information content (AvgIpc) is 3.02. The number of nitrogens with zero attached hydrogens (tertiary/aromatic N) is 2.